The van der Waals surface area contributed by atoms with Gasteiger partial charge in [0.15, 0.2) is 0 Å². The Morgan fingerprint density at radius 1 is 1.00 bits per heavy atom. The Kier molecular flexibility index (Phi) is 6.39. The molecule has 2 aromatic carbocycles. The van der Waals surface area contributed by atoms with Crippen LogP contribution in [0.4, 0.5) is 11.4 Å². The molecule has 0 aliphatic carbocycles. The Morgan fingerprint density at radius 3 is 2.24 bits per heavy atom. The topological polar surface area (TPSA) is 104 Å². The maximum absolute atomic E-state index is 13.6. The van der Waals surface area contributed by atoms with Crippen molar-refractivity contribution < 1.29 is 26.4 Å². The molecule has 2 aliphatic heterocycles. The van der Waals surface area contributed by atoms with Crippen LogP contribution in [0.15, 0.2) is 53.4 Å². The number of hydrogen-bond donors (Lipinski definition) is 0. The van der Waals surface area contributed by atoms with Crippen LogP contribution in [0.5, 0.6) is 5.75 Å². The summed E-state index contributed by atoms with van der Waals surface area (Å²) in [5.41, 5.74) is 1.03. The summed E-state index contributed by atoms with van der Waals surface area (Å²) >= 11 is 0. The van der Waals surface area contributed by atoms with Crippen LogP contribution in [-0.4, -0.2) is 65.6 Å². The van der Waals surface area contributed by atoms with Gasteiger partial charge in [-0.3, -0.25) is 4.79 Å². The van der Waals surface area contributed by atoms with Gasteiger partial charge in [0, 0.05) is 31.9 Å². The van der Waals surface area contributed by atoms with E-state index in [0.717, 1.165) is 5.69 Å². The number of carbonyl (C=O) groups is 1. The molecule has 2 aliphatic rings. The molecular weight excluding hydrogens is 466 g/mol. The van der Waals surface area contributed by atoms with E-state index in [2.05, 4.69) is 4.90 Å². The Balaban J connectivity index is 1.65. The predicted molar refractivity (Wildman–Crippen MR) is 125 cm³/mol. The second-order valence-electron chi connectivity index (χ2n) is 8.07. The number of hydrogen-bond acceptors (Lipinski definition) is 7. The van der Waals surface area contributed by atoms with Gasteiger partial charge in [0.2, 0.25) is 26.0 Å². The van der Waals surface area contributed by atoms with E-state index < -0.39 is 31.9 Å². The average molecular weight is 494 g/mol. The maximum atomic E-state index is 13.6. The monoisotopic (exact) mass is 493 g/mol. The molecule has 1 amide bonds. The van der Waals surface area contributed by atoms with Gasteiger partial charge in [0.25, 0.3) is 0 Å². The second-order valence-corrected chi connectivity index (χ2v) is 11.8. The summed E-state index contributed by atoms with van der Waals surface area (Å²) < 4.78 is 59.9. The van der Waals surface area contributed by atoms with Crippen molar-refractivity contribution in [3.63, 3.8) is 0 Å². The van der Waals surface area contributed by atoms with E-state index in [1.165, 1.54) is 22.5 Å². The van der Waals surface area contributed by atoms with Crippen molar-refractivity contribution in [2.75, 3.05) is 47.7 Å². The van der Waals surface area contributed by atoms with Gasteiger partial charge in [-0.05, 0) is 37.3 Å². The molecule has 0 spiro atoms. The zero-order valence-electron chi connectivity index (χ0n) is 18.5. The lowest BCUT2D eigenvalue weighted by Crippen LogP contribution is -2.48. The van der Waals surface area contributed by atoms with E-state index >= 15 is 0 Å². The fourth-order valence-electron chi connectivity index (χ4n) is 4.15. The summed E-state index contributed by atoms with van der Waals surface area (Å²) in [6.07, 6.45) is 0. The summed E-state index contributed by atoms with van der Waals surface area (Å²) in [5, 5.41) is 0. The van der Waals surface area contributed by atoms with E-state index in [9.17, 15) is 21.6 Å². The molecule has 1 atom stereocenters. The number of benzene rings is 2. The van der Waals surface area contributed by atoms with Crippen LogP contribution in [0.1, 0.15) is 13.8 Å². The molecule has 11 heteroatoms. The molecule has 2 saturated heterocycles. The van der Waals surface area contributed by atoms with Gasteiger partial charge < -0.3 is 9.64 Å². The zero-order valence-corrected chi connectivity index (χ0v) is 20.2. The van der Waals surface area contributed by atoms with Gasteiger partial charge in [0.1, 0.15) is 10.6 Å². The first-order valence-electron chi connectivity index (χ1n) is 10.8. The lowest BCUT2D eigenvalue weighted by molar-refractivity contribution is -0.119. The molecule has 0 bridgehead atoms. The molecule has 0 aromatic heterocycles. The van der Waals surface area contributed by atoms with Gasteiger partial charge in [-0.25, -0.2) is 21.1 Å². The predicted octanol–water partition coefficient (Wildman–Crippen LogP) is 1.91. The third-order valence-corrected chi connectivity index (χ3v) is 9.59. The van der Waals surface area contributed by atoms with E-state index in [4.69, 9.17) is 4.74 Å². The van der Waals surface area contributed by atoms with Crippen molar-refractivity contribution in [3.05, 3.63) is 48.5 Å². The minimum absolute atomic E-state index is 0.00861. The minimum atomic E-state index is -3.99. The molecule has 1 unspecified atom stereocenters. The molecule has 2 aromatic rings. The van der Waals surface area contributed by atoms with E-state index in [1.807, 2.05) is 30.3 Å². The van der Waals surface area contributed by atoms with Gasteiger partial charge in [0.05, 0.1) is 24.0 Å². The molecule has 178 valence electrons. The number of ether oxygens (including phenoxy) is 1. The van der Waals surface area contributed by atoms with Crippen LogP contribution in [0.3, 0.4) is 0 Å². The second kappa shape index (κ2) is 8.96. The molecule has 33 heavy (non-hydrogen) atoms. The fourth-order valence-corrected chi connectivity index (χ4v) is 7.54. The number of sulfonamides is 2. The highest BCUT2D eigenvalue weighted by Gasteiger charge is 2.43. The van der Waals surface area contributed by atoms with Crippen molar-refractivity contribution in [1.82, 2.24) is 4.31 Å². The number of carbonyl (C=O) groups excluding carboxylic acids is 1. The summed E-state index contributed by atoms with van der Waals surface area (Å²) in [6.45, 7) is 5.09. The van der Waals surface area contributed by atoms with Crippen molar-refractivity contribution in [3.8, 4) is 5.75 Å². The number of amides is 1. The molecule has 0 saturated carbocycles. The third-order valence-electron chi connectivity index (χ3n) is 5.80. The Morgan fingerprint density at radius 2 is 1.67 bits per heavy atom. The Bertz CT molecular complexity index is 1240. The van der Waals surface area contributed by atoms with Crippen LogP contribution in [0.25, 0.3) is 0 Å². The standard InChI is InChI=1S/C22H27N3O6S2/c1-3-31-20-10-9-19(25-22(26)17(2)16-32(25,27)28)15-21(20)33(29,30)24-13-11-23(12-14-24)18-7-5-4-6-8-18/h4-10,15,17H,3,11-14,16H2,1-2H3. The van der Waals surface area contributed by atoms with Crippen molar-refractivity contribution in [2.45, 2.75) is 18.7 Å². The Labute approximate surface area is 194 Å². The van der Waals surface area contributed by atoms with Crippen LogP contribution < -0.4 is 13.9 Å². The highest BCUT2D eigenvalue weighted by molar-refractivity contribution is 7.94. The normalized spacial score (nSPS) is 21.4. The lowest BCUT2D eigenvalue weighted by atomic mass is 10.2. The summed E-state index contributed by atoms with van der Waals surface area (Å²) in [4.78, 5) is 14.5. The van der Waals surface area contributed by atoms with Gasteiger partial charge in [-0.15, -0.1) is 0 Å². The molecule has 2 fully saturated rings. The molecule has 2 heterocycles. The van der Waals surface area contributed by atoms with Crippen LogP contribution in [0, 0.1) is 5.92 Å². The van der Waals surface area contributed by atoms with Crippen LogP contribution >= 0.6 is 0 Å². The molecular formula is C22H27N3O6S2. The quantitative estimate of drug-likeness (QED) is 0.605. The highest BCUT2D eigenvalue weighted by atomic mass is 32.2. The smallest absolute Gasteiger partial charge is 0.246 e. The van der Waals surface area contributed by atoms with Gasteiger partial charge >= 0.3 is 0 Å². The number of anilines is 2. The summed E-state index contributed by atoms with van der Waals surface area (Å²) in [5.74, 6) is -1.43. The zero-order chi connectivity index (χ0) is 23.8. The largest absolute Gasteiger partial charge is 0.492 e. The van der Waals surface area contributed by atoms with Crippen molar-refractivity contribution in [1.29, 1.82) is 0 Å². The minimum Gasteiger partial charge on any atom is -0.492 e. The molecule has 0 radical (unpaired) electrons. The highest BCUT2D eigenvalue weighted by Crippen LogP contribution is 2.35. The first-order chi connectivity index (χ1) is 15.6. The van der Waals surface area contributed by atoms with Crippen LogP contribution in [0.2, 0.25) is 0 Å². The van der Waals surface area contributed by atoms with Gasteiger partial charge in [-0.1, -0.05) is 25.1 Å². The third kappa shape index (κ3) is 4.44. The number of piperazine rings is 1. The summed E-state index contributed by atoms with van der Waals surface area (Å²) in [7, 11) is -7.85. The van der Waals surface area contributed by atoms with E-state index in [1.54, 1.807) is 13.8 Å². The lowest BCUT2D eigenvalue weighted by Gasteiger charge is -2.35. The van der Waals surface area contributed by atoms with Crippen LogP contribution in [-0.2, 0) is 24.8 Å². The Hall–Kier alpha value is -2.63. The number of nitrogens with zero attached hydrogens (tertiary/aromatic N) is 3. The van der Waals surface area contributed by atoms with Crippen molar-refractivity contribution in [2.24, 2.45) is 5.92 Å². The SMILES string of the molecule is CCOc1ccc(N2C(=O)C(C)CS2(=O)=O)cc1S(=O)(=O)N1CCN(c2ccccc2)CC1. The molecule has 9 nitrogen and oxygen atoms in total. The van der Waals surface area contributed by atoms with E-state index in [0.29, 0.717) is 17.4 Å². The fraction of sp³-hybridized carbons (Fsp3) is 0.409. The number of rotatable bonds is 6. The first-order valence-corrected chi connectivity index (χ1v) is 13.8. The van der Waals surface area contributed by atoms with E-state index in [-0.39, 0.29) is 41.8 Å². The number of para-hydroxylation sites is 1. The van der Waals surface area contributed by atoms with Gasteiger partial charge in [-0.2, -0.15) is 4.31 Å². The maximum Gasteiger partial charge on any atom is 0.246 e. The average Bonchev–Trinajstić information content (AvgIpc) is 3.01. The van der Waals surface area contributed by atoms with Crippen molar-refractivity contribution >= 4 is 37.3 Å². The first kappa shape index (κ1) is 23.5. The molecule has 0 N–H and O–H groups in total. The summed E-state index contributed by atoms with van der Waals surface area (Å²) in [6, 6.07) is 13.8. The molecule has 4 rings (SSSR count).